The van der Waals surface area contributed by atoms with Crippen molar-refractivity contribution in [2.24, 2.45) is 5.73 Å². The molecular formula is C12H15F2NO3. The number of esters is 1. The number of ether oxygens (including phenoxy) is 2. The number of carbonyl (C=O) groups is 1. The Morgan fingerprint density at radius 2 is 2.06 bits per heavy atom. The Balaban J connectivity index is 3.03. The monoisotopic (exact) mass is 259 g/mol. The van der Waals surface area contributed by atoms with E-state index in [9.17, 15) is 13.6 Å². The van der Waals surface area contributed by atoms with E-state index in [0.29, 0.717) is 5.56 Å². The Hall–Kier alpha value is -1.69. The lowest BCUT2D eigenvalue weighted by Gasteiger charge is -2.26. The van der Waals surface area contributed by atoms with E-state index < -0.39 is 18.1 Å². The summed E-state index contributed by atoms with van der Waals surface area (Å²) in [6.07, 6.45) is -0.132. The van der Waals surface area contributed by atoms with Gasteiger partial charge >= 0.3 is 12.6 Å². The molecule has 0 heterocycles. The number of alkyl halides is 2. The minimum absolute atomic E-state index is 0.0404. The number of benzene rings is 1. The van der Waals surface area contributed by atoms with Gasteiger partial charge in [0.25, 0.3) is 0 Å². The van der Waals surface area contributed by atoms with Crippen LogP contribution in [0.4, 0.5) is 8.78 Å². The van der Waals surface area contributed by atoms with Crippen LogP contribution in [0.15, 0.2) is 24.3 Å². The minimum atomic E-state index is -2.94. The Labute approximate surface area is 104 Å². The Bertz CT molecular complexity index is 422. The molecule has 0 spiro atoms. The molecule has 1 aromatic rings. The highest BCUT2D eigenvalue weighted by atomic mass is 19.3. The summed E-state index contributed by atoms with van der Waals surface area (Å²) in [7, 11) is 1.24. The summed E-state index contributed by atoms with van der Waals surface area (Å²) in [5.41, 5.74) is 5.15. The topological polar surface area (TPSA) is 61.5 Å². The van der Waals surface area contributed by atoms with Gasteiger partial charge in [-0.15, -0.1) is 0 Å². The molecule has 1 aromatic carbocycles. The molecule has 4 nitrogen and oxygen atoms in total. The molecule has 0 aromatic heterocycles. The number of para-hydroxylation sites is 1. The van der Waals surface area contributed by atoms with Gasteiger partial charge in [0.1, 0.15) is 5.75 Å². The van der Waals surface area contributed by atoms with Crippen LogP contribution in [0.25, 0.3) is 0 Å². The lowest BCUT2D eigenvalue weighted by molar-refractivity contribution is -0.142. The van der Waals surface area contributed by atoms with Gasteiger partial charge in [0.15, 0.2) is 0 Å². The summed E-state index contributed by atoms with van der Waals surface area (Å²) in [5.74, 6) is -0.562. The van der Waals surface area contributed by atoms with Crippen LogP contribution in [0.2, 0.25) is 0 Å². The van der Waals surface area contributed by atoms with Gasteiger partial charge in [-0.2, -0.15) is 8.78 Å². The molecule has 100 valence electrons. The fraction of sp³-hybridized carbons (Fsp3) is 0.417. The third-order valence-corrected chi connectivity index (χ3v) is 2.46. The van der Waals surface area contributed by atoms with Gasteiger partial charge in [0.05, 0.1) is 19.1 Å². The van der Waals surface area contributed by atoms with Gasteiger partial charge in [-0.25, -0.2) is 0 Å². The molecule has 0 fully saturated rings. The largest absolute Gasteiger partial charge is 0.469 e. The van der Waals surface area contributed by atoms with Gasteiger partial charge in [-0.05, 0) is 13.0 Å². The number of hydrogen-bond donors (Lipinski definition) is 1. The van der Waals surface area contributed by atoms with Crippen LogP contribution in [0, 0.1) is 0 Å². The van der Waals surface area contributed by atoms with E-state index in [-0.39, 0.29) is 12.2 Å². The Morgan fingerprint density at radius 1 is 1.44 bits per heavy atom. The summed E-state index contributed by atoms with van der Waals surface area (Å²) in [5, 5.41) is 0. The highest BCUT2D eigenvalue weighted by molar-refractivity contribution is 5.71. The highest BCUT2D eigenvalue weighted by Crippen LogP contribution is 2.31. The second kappa shape index (κ2) is 5.77. The molecule has 0 bridgehead atoms. The predicted molar refractivity (Wildman–Crippen MR) is 61.2 cm³/mol. The first kappa shape index (κ1) is 14.4. The van der Waals surface area contributed by atoms with Crippen molar-refractivity contribution in [3.8, 4) is 5.75 Å². The second-order valence-corrected chi connectivity index (χ2v) is 4.05. The van der Waals surface area contributed by atoms with E-state index in [1.807, 2.05) is 0 Å². The van der Waals surface area contributed by atoms with Crippen molar-refractivity contribution in [2.45, 2.75) is 25.5 Å². The van der Waals surface area contributed by atoms with Crippen LogP contribution in [-0.4, -0.2) is 19.7 Å². The number of hydrogen-bond acceptors (Lipinski definition) is 4. The average molecular weight is 259 g/mol. The fourth-order valence-electron chi connectivity index (χ4n) is 1.60. The number of nitrogens with two attached hydrogens (primary N) is 1. The molecule has 0 amide bonds. The van der Waals surface area contributed by atoms with Crippen molar-refractivity contribution in [2.75, 3.05) is 7.11 Å². The van der Waals surface area contributed by atoms with Crippen LogP contribution < -0.4 is 10.5 Å². The number of halogens is 2. The number of rotatable bonds is 5. The van der Waals surface area contributed by atoms with E-state index in [0.717, 1.165) is 0 Å². The zero-order valence-electron chi connectivity index (χ0n) is 10.2. The Morgan fingerprint density at radius 3 is 2.61 bits per heavy atom. The molecular weight excluding hydrogens is 244 g/mol. The molecule has 1 atom stereocenters. The minimum Gasteiger partial charge on any atom is -0.469 e. The summed E-state index contributed by atoms with van der Waals surface area (Å²) in [6, 6.07) is 6.11. The third kappa shape index (κ3) is 3.66. The van der Waals surface area contributed by atoms with E-state index >= 15 is 0 Å². The first-order chi connectivity index (χ1) is 8.36. The van der Waals surface area contributed by atoms with Gasteiger partial charge in [-0.1, -0.05) is 18.2 Å². The van der Waals surface area contributed by atoms with Crippen LogP contribution in [0.5, 0.6) is 5.75 Å². The Kier molecular flexibility index (Phi) is 4.61. The molecule has 18 heavy (non-hydrogen) atoms. The molecule has 0 aliphatic rings. The average Bonchev–Trinajstić information content (AvgIpc) is 2.28. The quantitative estimate of drug-likeness (QED) is 0.822. The van der Waals surface area contributed by atoms with E-state index in [1.165, 1.54) is 13.2 Å². The molecule has 0 saturated heterocycles. The molecule has 6 heteroatoms. The van der Waals surface area contributed by atoms with E-state index in [4.69, 9.17) is 5.73 Å². The molecule has 0 saturated carbocycles. The van der Waals surface area contributed by atoms with Crippen LogP contribution in [0.3, 0.4) is 0 Å². The molecule has 0 radical (unpaired) electrons. The number of methoxy groups -OCH3 is 1. The number of carbonyl (C=O) groups excluding carboxylic acids is 1. The smallest absolute Gasteiger partial charge is 0.387 e. The predicted octanol–water partition coefficient (Wildman–Crippen LogP) is 2.02. The summed E-state index contributed by atoms with van der Waals surface area (Å²) < 4.78 is 33.4. The van der Waals surface area contributed by atoms with Crippen molar-refractivity contribution < 1.29 is 23.0 Å². The summed E-state index contributed by atoms with van der Waals surface area (Å²) in [4.78, 5) is 11.2. The van der Waals surface area contributed by atoms with Crippen molar-refractivity contribution in [3.05, 3.63) is 29.8 Å². The molecule has 0 unspecified atom stereocenters. The van der Waals surface area contributed by atoms with Crippen molar-refractivity contribution in [3.63, 3.8) is 0 Å². The van der Waals surface area contributed by atoms with Crippen LogP contribution >= 0.6 is 0 Å². The summed E-state index contributed by atoms with van der Waals surface area (Å²) >= 11 is 0. The fourth-order valence-corrected chi connectivity index (χ4v) is 1.60. The van der Waals surface area contributed by atoms with Crippen molar-refractivity contribution in [1.82, 2.24) is 0 Å². The highest BCUT2D eigenvalue weighted by Gasteiger charge is 2.29. The van der Waals surface area contributed by atoms with Gasteiger partial charge in [0, 0.05) is 5.56 Å². The van der Waals surface area contributed by atoms with Crippen LogP contribution in [-0.2, 0) is 15.1 Å². The van der Waals surface area contributed by atoms with Gasteiger partial charge < -0.3 is 15.2 Å². The maximum atomic E-state index is 12.3. The maximum Gasteiger partial charge on any atom is 0.387 e. The second-order valence-electron chi connectivity index (χ2n) is 4.05. The zero-order valence-corrected chi connectivity index (χ0v) is 10.2. The molecule has 1 rings (SSSR count). The van der Waals surface area contributed by atoms with E-state index in [2.05, 4.69) is 9.47 Å². The van der Waals surface area contributed by atoms with Crippen molar-refractivity contribution >= 4 is 5.97 Å². The standard InChI is InChI=1S/C12H15F2NO3/c1-12(15,7-10(16)17-2)8-5-3-4-6-9(8)18-11(13)14/h3-6,11H,7,15H2,1-2H3/t12-/m0/s1. The zero-order chi connectivity index (χ0) is 13.8. The lowest BCUT2D eigenvalue weighted by atomic mass is 9.89. The van der Waals surface area contributed by atoms with Gasteiger partial charge in [-0.3, -0.25) is 4.79 Å². The van der Waals surface area contributed by atoms with E-state index in [1.54, 1.807) is 25.1 Å². The molecule has 2 N–H and O–H groups in total. The van der Waals surface area contributed by atoms with Crippen molar-refractivity contribution in [1.29, 1.82) is 0 Å². The molecule has 0 aliphatic heterocycles. The lowest BCUT2D eigenvalue weighted by Crippen LogP contribution is -2.36. The van der Waals surface area contributed by atoms with Gasteiger partial charge in [0.2, 0.25) is 0 Å². The van der Waals surface area contributed by atoms with Crippen LogP contribution in [0.1, 0.15) is 18.9 Å². The first-order valence-corrected chi connectivity index (χ1v) is 5.27. The SMILES string of the molecule is COC(=O)C[C@](C)(N)c1ccccc1OC(F)F. The molecule has 0 aliphatic carbocycles. The first-order valence-electron chi connectivity index (χ1n) is 5.27. The maximum absolute atomic E-state index is 12.3. The normalized spacial score (nSPS) is 14.1. The summed E-state index contributed by atoms with van der Waals surface area (Å²) in [6.45, 7) is -1.39. The third-order valence-electron chi connectivity index (χ3n) is 2.46.